The molecular formula is C14H14N2S. The highest BCUT2D eigenvalue weighted by Crippen LogP contribution is 2.46. The quantitative estimate of drug-likeness (QED) is 0.712. The highest BCUT2D eigenvalue weighted by Gasteiger charge is 2.39. The molecule has 4 rings (SSSR count). The molecule has 2 nitrogen and oxygen atoms in total. The van der Waals surface area contributed by atoms with Crippen molar-refractivity contribution in [1.29, 1.82) is 0 Å². The van der Waals surface area contributed by atoms with Crippen LogP contribution in [0, 0.1) is 0 Å². The number of hydrogen-bond acceptors (Lipinski definition) is 3. The molecule has 0 radical (unpaired) electrons. The van der Waals surface area contributed by atoms with Crippen molar-refractivity contribution in [1.82, 2.24) is 4.98 Å². The molecule has 2 N–H and O–H groups in total. The standard InChI is InChI=1S/C14H14N2S/c15-14(6-3-7-14)13-16-12-10-5-2-1-4-9(10)8-11(12)17-13/h1-2,4-5H,3,6-8,15H2. The Balaban J connectivity index is 1.83. The summed E-state index contributed by atoms with van der Waals surface area (Å²) in [6.45, 7) is 0. The number of benzene rings is 1. The van der Waals surface area contributed by atoms with Crippen molar-refractivity contribution >= 4 is 11.3 Å². The maximum absolute atomic E-state index is 6.35. The normalized spacial score (nSPS) is 19.6. The van der Waals surface area contributed by atoms with Gasteiger partial charge in [0.2, 0.25) is 0 Å². The van der Waals surface area contributed by atoms with Crippen molar-refractivity contribution in [2.24, 2.45) is 5.73 Å². The van der Waals surface area contributed by atoms with Crippen LogP contribution in [0.3, 0.4) is 0 Å². The van der Waals surface area contributed by atoms with E-state index in [-0.39, 0.29) is 5.54 Å². The van der Waals surface area contributed by atoms with Gasteiger partial charge in [-0.05, 0) is 24.8 Å². The van der Waals surface area contributed by atoms with Crippen LogP contribution in [0.1, 0.15) is 34.7 Å². The summed E-state index contributed by atoms with van der Waals surface area (Å²) in [6, 6.07) is 8.57. The largest absolute Gasteiger partial charge is 0.319 e. The van der Waals surface area contributed by atoms with E-state index < -0.39 is 0 Å². The zero-order valence-corrected chi connectivity index (χ0v) is 10.4. The first-order valence-corrected chi connectivity index (χ1v) is 6.95. The maximum atomic E-state index is 6.35. The van der Waals surface area contributed by atoms with E-state index in [2.05, 4.69) is 24.3 Å². The first-order valence-electron chi connectivity index (χ1n) is 6.14. The van der Waals surface area contributed by atoms with E-state index in [9.17, 15) is 0 Å². The summed E-state index contributed by atoms with van der Waals surface area (Å²) in [4.78, 5) is 6.22. The average molecular weight is 242 g/mol. The molecule has 1 aromatic heterocycles. The molecule has 0 spiro atoms. The molecule has 1 saturated carbocycles. The van der Waals surface area contributed by atoms with E-state index in [1.807, 2.05) is 11.3 Å². The molecule has 0 atom stereocenters. The summed E-state index contributed by atoms with van der Waals surface area (Å²) < 4.78 is 0. The van der Waals surface area contributed by atoms with Crippen LogP contribution in [0.15, 0.2) is 24.3 Å². The van der Waals surface area contributed by atoms with Gasteiger partial charge < -0.3 is 5.73 Å². The second kappa shape index (κ2) is 3.18. The Morgan fingerprint density at radius 2 is 2.06 bits per heavy atom. The molecule has 3 heteroatoms. The zero-order valence-electron chi connectivity index (χ0n) is 9.57. The molecule has 17 heavy (non-hydrogen) atoms. The lowest BCUT2D eigenvalue weighted by Gasteiger charge is -2.35. The Hall–Kier alpha value is -1.19. The van der Waals surface area contributed by atoms with Crippen LogP contribution in [0.2, 0.25) is 0 Å². The van der Waals surface area contributed by atoms with Crippen LogP contribution in [0.25, 0.3) is 11.3 Å². The molecule has 0 unspecified atom stereocenters. The molecule has 0 amide bonds. The lowest BCUT2D eigenvalue weighted by atomic mass is 9.78. The van der Waals surface area contributed by atoms with Crippen molar-refractivity contribution in [2.45, 2.75) is 31.2 Å². The predicted molar refractivity (Wildman–Crippen MR) is 70.1 cm³/mol. The number of nitrogens with zero attached hydrogens (tertiary/aromatic N) is 1. The van der Waals surface area contributed by atoms with E-state index >= 15 is 0 Å². The van der Waals surface area contributed by atoms with Crippen LogP contribution in [-0.2, 0) is 12.0 Å². The summed E-state index contributed by atoms with van der Waals surface area (Å²) in [5.74, 6) is 0. The first-order chi connectivity index (χ1) is 8.26. The highest BCUT2D eigenvalue weighted by molar-refractivity contribution is 7.12. The summed E-state index contributed by atoms with van der Waals surface area (Å²) >= 11 is 1.83. The maximum Gasteiger partial charge on any atom is 0.113 e. The topological polar surface area (TPSA) is 38.9 Å². The van der Waals surface area contributed by atoms with Crippen molar-refractivity contribution < 1.29 is 0 Å². The average Bonchev–Trinajstić information content (AvgIpc) is 2.83. The van der Waals surface area contributed by atoms with Gasteiger partial charge in [0.15, 0.2) is 0 Å². The minimum absolute atomic E-state index is 0.107. The van der Waals surface area contributed by atoms with Crippen molar-refractivity contribution in [2.75, 3.05) is 0 Å². The third kappa shape index (κ3) is 1.27. The van der Waals surface area contributed by atoms with Gasteiger partial charge in [-0.3, -0.25) is 0 Å². The van der Waals surface area contributed by atoms with Gasteiger partial charge in [-0.25, -0.2) is 4.98 Å². The second-order valence-electron chi connectivity index (χ2n) is 5.13. The van der Waals surface area contributed by atoms with Gasteiger partial charge in [-0.2, -0.15) is 0 Å². The molecular weight excluding hydrogens is 228 g/mol. The van der Waals surface area contributed by atoms with Crippen LogP contribution in [0.5, 0.6) is 0 Å². The van der Waals surface area contributed by atoms with Gasteiger partial charge in [0, 0.05) is 16.9 Å². The third-order valence-electron chi connectivity index (χ3n) is 3.99. The van der Waals surface area contributed by atoms with Gasteiger partial charge in [0.1, 0.15) is 5.01 Å². The molecule has 1 aromatic carbocycles. The van der Waals surface area contributed by atoms with E-state index in [4.69, 9.17) is 10.7 Å². The minimum Gasteiger partial charge on any atom is -0.319 e. The smallest absolute Gasteiger partial charge is 0.113 e. The first kappa shape index (κ1) is 9.80. The lowest BCUT2D eigenvalue weighted by Crippen LogP contribution is -2.43. The summed E-state index contributed by atoms with van der Waals surface area (Å²) in [5.41, 5.74) is 10.2. The van der Waals surface area contributed by atoms with Gasteiger partial charge in [-0.1, -0.05) is 24.3 Å². The number of aromatic nitrogens is 1. The van der Waals surface area contributed by atoms with E-state index in [1.165, 1.54) is 28.1 Å². The molecule has 2 aromatic rings. The van der Waals surface area contributed by atoms with Gasteiger partial charge in [-0.15, -0.1) is 11.3 Å². The van der Waals surface area contributed by atoms with Gasteiger partial charge >= 0.3 is 0 Å². The van der Waals surface area contributed by atoms with Gasteiger partial charge in [0.25, 0.3) is 0 Å². The highest BCUT2D eigenvalue weighted by atomic mass is 32.1. The minimum atomic E-state index is -0.107. The molecule has 2 aliphatic rings. The number of hydrogen-bond donors (Lipinski definition) is 1. The van der Waals surface area contributed by atoms with Crippen LogP contribution < -0.4 is 5.73 Å². The van der Waals surface area contributed by atoms with Crippen LogP contribution in [0.4, 0.5) is 0 Å². The monoisotopic (exact) mass is 242 g/mol. The number of nitrogens with two attached hydrogens (primary N) is 1. The second-order valence-corrected chi connectivity index (χ2v) is 6.22. The Bertz CT molecular complexity index is 596. The molecule has 86 valence electrons. The van der Waals surface area contributed by atoms with E-state index in [0.717, 1.165) is 24.3 Å². The molecule has 0 aliphatic heterocycles. The Labute approximate surface area is 105 Å². The third-order valence-corrected chi connectivity index (χ3v) is 5.27. The fraction of sp³-hybridized carbons (Fsp3) is 0.357. The van der Waals surface area contributed by atoms with Crippen molar-refractivity contribution in [3.8, 4) is 11.3 Å². The number of fused-ring (bicyclic) bond motifs is 3. The molecule has 1 heterocycles. The predicted octanol–water partition coefficient (Wildman–Crippen LogP) is 3.05. The Morgan fingerprint density at radius 3 is 2.82 bits per heavy atom. The van der Waals surface area contributed by atoms with Crippen LogP contribution >= 0.6 is 11.3 Å². The van der Waals surface area contributed by atoms with E-state index in [1.54, 1.807) is 0 Å². The Kier molecular flexibility index (Phi) is 1.83. The summed E-state index contributed by atoms with van der Waals surface area (Å²) in [6.07, 6.45) is 4.48. The fourth-order valence-corrected chi connectivity index (χ4v) is 4.00. The van der Waals surface area contributed by atoms with Crippen molar-refractivity contribution in [3.63, 3.8) is 0 Å². The Morgan fingerprint density at radius 1 is 1.24 bits per heavy atom. The zero-order chi connectivity index (χ0) is 11.5. The lowest BCUT2D eigenvalue weighted by molar-refractivity contribution is 0.253. The molecule has 1 fully saturated rings. The molecule has 2 aliphatic carbocycles. The van der Waals surface area contributed by atoms with Crippen molar-refractivity contribution in [3.05, 3.63) is 39.7 Å². The van der Waals surface area contributed by atoms with Gasteiger partial charge in [0.05, 0.1) is 11.2 Å². The summed E-state index contributed by atoms with van der Waals surface area (Å²) in [7, 11) is 0. The van der Waals surface area contributed by atoms with E-state index in [0.29, 0.717) is 0 Å². The fourth-order valence-electron chi connectivity index (χ4n) is 2.74. The molecule has 0 saturated heterocycles. The van der Waals surface area contributed by atoms with Crippen LogP contribution in [-0.4, -0.2) is 4.98 Å². The SMILES string of the molecule is NC1(c2nc3c(s2)Cc2ccccc2-3)CCC1. The number of thiazole rings is 1. The summed E-state index contributed by atoms with van der Waals surface area (Å²) in [5, 5.41) is 1.16. The number of rotatable bonds is 1. The molecule has 0 bridgehead atoms.